The number of nitrogens with zero attached hydrogens (tertiary/aromatic N) is 1. The van der Waals surface area contributed by atoms with Crippen molar-refractivity contribution in [1.29, 1.82) is 0 Å². The number of ether oxygens (including phenoxy) is 3. The summed E-state index contributed by atoms with van der Waals surface area (Å²) in [5, 5.41) is 11.0. The highest BCUT2D eigenvalue weighted by Gasteiger charge is 2.20. The molecule has 9 nitrogen and oxygen atoms in total. The van der Waals surface area contributed by atoms with Gasteiger partial charge in [0.15, 0.2) is 24.0 Å². The summed E-state index contributed by atoms with van der Waals surface area (Å²) in [6.45, 7) is 0.855. The molecule has 0 aliphatic rings. The first kappa shape index (κ1) is 21.5. The quantitative estimate of drug-likeness (QED) is 0.284. The molecule has 0 N–H and O–H groups in total. The number of halogens is 1. The van der Waals surface area contributed by atoms with Gasteiger partial charge < -0.3 is 14.2 Å². The molecule has 0 radical (unpaired) electrons. The van der Waals surface area contributed by atoms with Crippen molar-refractivity contribution in [3.63, 3.8) is 0 Å². The van der Waals surface area contributed by atoms with Crippen LogP contribution in [0.15, 0.2) is 36.4 Å². The molecule has 29 heavy (non-hydrogen) atoms. The monoisotopic (exact) mass is 405 g/mol. The molecule has 2 aromatic rings. The Balaban J connectivity index is 2.17. The Bertz CT molecular complexity index is 973. The predicted octanol–water partition coefficient (Wildman–Crippen LogP) is 2.96. The van der Waals surface area contributed by atoms with E-state index in [1.807, 2.05) is 0 Å². The van der Waals surface area contributed by atoms with Crippen LogP contribution in [0.2, 0.25) is 0 Å². The van der Waals surface area contributed by atoms with Crippen LogP contribution in [0.1, 0.15) is 38.0 Å². The Morgan fingerprint density at radius 1 is 1.00 bits per heavy atom. The van der Waals surface area contributed by atoms with E-state index < -0.39 is 40.8 Å². The molecule has 0 aliphatic heterocycles. The maximum atomic E-state index is 13.7. The van der Waals surface area contributed by atoms with Crippen LogP contribution in [0, 0.1) is 15.9 Å². The molecule has 0 spiro atoms. The second-order valence-electron chi connectivity index (χ2n) is 5.59. The minimum Gasteiger partial charge on any atom is -0.494 e. The topological polar surface area (TPSA) is 122 Å². The molecule has 2 rings (SSSR count). The molecule has 0 saturated carbocycles. The number of ketones is 1. The first-order valence-electron chi connectivity index (χ1n) is 8.27. The molecule has 0 heterocycles. The van der Waals surface area contributed by atoms with Crippen molar-refractivity contribution in [3.05, 3.63) is 69.0 Å². The van der Waals surface area contributed by atoms with E-state index in [1.54, 1.807) is 6.92 Å². The molecule has 2 aromatic carbocycles. The third-order valence-corrected chi connectivity index (χ3v) is 3.68. The number of non-ortho nitro benzene ring substituents is 1. The summed E-state index contributed by atoms with van der Waals surface area (Å²) in [6, 6.07) is 6.40. The number of nitro benzene ring substituents is 1. The average molecular weight is 405 g/mol. The van der Waals surface area contributed by atoms with Crippen LogP contribution >= 0.6 is 0 Å². The summed E-state index contributed by atoms with van der Waals surface area (Å²) in [5.41, 5.74) is -1.10. The predicted molar refractivity (Wildman–Crippen MR) is 96.6 cm³/mol. The average Bonchev–Trinajstić information content (AvgIpc) is 2.71. The number of benzene rings is 2. The van der Waals surface area contributed by atoms with E-state index in [-0.39, 0.29) is 29.0 Å². The van der Waals surface area contributed by atoms with E-state index in [1.165, 1.54) is 19.2 Å². The fourth-order valence-corrected chi connectivity index (χ4v) is 2.30. The Labute approximate surface area is 164 Å². The Morgan fingerprint density at radius 2 is 1.62 bits per heavy atom. The SMILES string of the molecule is CCOC(=O)c1cc(C(=O)OCC(=O)c2ccc(OC)c(F)c2)cc([N+](=O)[O-])c1. The summed E-state index contributed by atoms with van der Waals surface area (Å²) >= 11 is 0. The maximum absolute atomic E-state index is 13.7. The van der Waals surface area contributed by atoms with Gasteiger partial charge in [-0.1, -0.05) is 0 Å². The van der Waals surface area contributed by atoms with E-state index in [0.29, 0.717) is 0 Å². The number of hydrogen-bond donors (Lipinski definition) is 0. The zero-order chi connectivity index (χ0) is 21.6. The van der Waals surface area contributed by atoms with Gasteiger partial charge in [0.05, 0.1) is 29.8 Å². The summed E-state index contributed by atoms with van der Waals surface area (Å²) in [6.07, 6.45) is 0. The van der Waals surface area contributed by atoms with Crippen LogP contribution < -0.4 is 4.74 Å². The van der Waals surface area contributed by atoms with E-state index in [4.69, 9.17) is 14.2 Å². The molecule has 0 unspecified atom stereocenters. The normalized spacial score (nSPS) is 10.2. The van der Waals surface area contributed by atoms with Crippen molar-refractivity contribution in [1.82, 2.24) is 0 Å². The lowest BCUT2D eigenvalue weighted by atomic mass is 10.1. The lowest BCUT2D eigenvalue weighted by molar-refractivity contribution is -0.384. The standard InChI is InChI=1S/C19H16FNO8/c1-3-28-18(23)12-6-13(8-14(7-12)21(25)26)19(24)29-10-16(22)11-4-5-17(27-2)15(20)9-11/h4-9H,3,10H2,1-2H3. The molecule has 0 amide bonds. The number of rotatable bonds is 8. The molecule has 0 aromatic heterocycles. The molecular formula is C19H16FNO8. The number of carbonyl (C=O) groups is 3. The number of carbonyl (C=O) groups excluding carboxylic acids is 3. The van der Waals surface area contributed by atoms with Crippen LogP contribution in [-0.2, 0) is 9.47 Å². The first-order valence-corrected chi connectivity index (χ1v) is 8.27. The molecule has 0 atom stereocenters. The van der Waals surface area contributed by atoms with Gasteiger partial charge in [0.25, 0.3) is 5.69 Å². The fourth-order valence-electron chi connectivity index (χ4n) is 2.30. The smallest absolute Gasteiger partial charge is 0.338 e. The van der Waals surface area contributed by atoms with Gasteiger partial charge in [-0.3, -0.25) is 14.9 Å². The number of methoxy groups -OCH3 is 1. The molecule has 152 valence electrons. The van der Waals surface area contributed by atoms with Crippen molar-refractivity contribution in [2.75, 3.05) is 20.3 Å². The molecule has 10 heteroatoms. The maximum Gasteiger partial charge on any atom is 0.338 e. The van der Waals surface area contributed by atoms with Gasteiger partial charge >= 0.3 is 11.9 Å². The summed E-state index contributed by atoms with van der Waals surface area (Å²) in [4.78, 5) is 46.4. The third-order valence-electron chi connectivity index (χ3n) is 3.68. The first-order chi connectivity index (χ1) is 13.8. The lowest BCUT2D eigenvalue weighted by Gasteiger charge is -2.08. The molecule has 0 saturated heterocycles. The fraction of sp³-hybridized carbons (Fsp3) is 0.211. The van der Waals surface area contributed by atoms with E-state index in [0.717, 1.165) is 24.3 Å². The van der Waals surface area contributed by atoms with Gasteiger partial charge in [0, 0.05) is 17.7 Å². The number of nitro groups is 1. The van der Waals surface area contributed by atoms with Gasteiger partial charge in [-0.25, -0.2) is 14.0 Å². The van der Waals surface area contributed by atoms with Crippen molar-refractivity contribution < 1.29 is 37.9 Å². The van der Waals surface area contributed by atoms with Gasteiger partial charge in [-0.2, -0.15) is 0 Å². The Kier molecular flexibility index (Phi) is 6.96. The molecule has 0 aliphatic carbocycles. The summed E-state index contributed by atoms with van der Waals surface area (Å²) < 4.78 is 28.1. The van der Waals surface area contributed by atoms with Crippen molar-refractivity contribution in [2.45, 2.75) is 6.92 Å². The Morgan fingerprint density at radius 3 is 2.14 bits per heavy atom. The van der Waals surface area contributed by atoms with Crippen LogP contribution in [0.25, 0.3) is 0 Å². The van der Waals surface area contributed by atoms with Crippen molar-refractivity contribution >= 4 is 23.4 Å². The van der Waals surface area contributed by atoms with Gasteiger partial charge in [0.2, 0.25) is 0 Å². The van der Waals surface area contributed by atoms with Gasteiger partial charge in [-0.15, -0.1) is 0 Å². The van der Waals surface area contributed by atoms with Gasteiger partial charge in [-0.05, 0) is 31.2 Å². The van der Waals surface area contributed by atoms with E-state index in [9.17, 15) is 28.9 Å². The van der Waals surface area contributed by atoms with Crippen molar-refractivity contribution in [2.24, 2.45) is 0 Å². The molecule has 0 fully saturated rings. The minimum absolute atomic E-state index is 0.0359. The zero-order valence-electron chi connectivity index (χ0n) is 15.5. The highest BCUT2D eigenvalue weighted by atomic mass is 19.1. The van der Waals surface area contributed by atoms with Crippen LogP contribution in [0.3, 0.4) is 0 Å². The van der Waals surface area contributed by atoms with E-state index in [2.05, 4.69) is 0 Å². The van der Waals surface area contributed by atoms with Gasteiger partial charge in [0.1, 0.15) is 0 Å². The van der Waals surface area contributed by atoms with Crippen molar-refractivity contribution in [3.8, 4) is 5.75 Å². The summed E-state index contributed by atoms with van der Waals surface area (Å²) in [7, 11) is 1.27. The third kappa shape index (κ3) is 5.34. The summed E-state index contributed by atoms with van der Waals surface area (Å²) in [5.74, 6) is -3.43. The highest BCUT2D eigenvalue weighted by molar-refractivity contribution is 6.00. The van der Waals surface area contributed by atoms with Crippen LogP contribution in [-0.4, -0.2) is 43.0 Å². The number of hydrogen-bond acceptors (Lipinski definition) is 8. The lowest BCUT2D eigenvalue weighted by Crippen LogP contribution is -2.15. The zero-order valence-corrected chi connectivity index (χ0v) is 15.5. The Hall–Kier alpha value is -3.82. The minimum atomic E-state index is -1.07. The molecule has 0 bridgehead atoms. The second-order valence-corrected chi connectivity index (χ2v) is 5.59. The second kappa shape index (κ2) is 9.40. The number of esters is 2. The highest BCUT2D eigenvalue weighted by Crippen LogP contribution is 2.20. The van der Waals surface area contributed by atoms with E-state index >= 15 is 0 Å². The number of Topliss-reactive ketones (excluding diaryl/α,β-unsaturated/α-hetero) is 1. The van der Waals surface area contributed by atoms with Crippen LogP contribution in [0.4, 0.5) is 10.1 Å². The molecular weight excluding hydrogens is 389 g/mol. The van der Waals surface area contributed by atoms with Crippen LogP contribution in [0.5, 0.6) is 5.75 Å². The largest absolute Gasteiger partial charge is 0.494 e.